The molecule has 0 bridgehead atoms. The summed E-state index contributed by atoms with van der Waals surface area (Å²) in [6, 6.07) is 10.9. The van der Waals surface area contributed by atoms with Gasteiger partial charge in [0.15, 0.2) is 5.82 Å². The Hall–Kier alpha value is -2.06. The lowest BCUT2D eigenvalue weighted by molar-refractivity contribution is -0.146. The molecule has 29 heavy (non-hydrogen) atoms. The number of carboxylic acid groups (broad SMARTS) is 1. The minimum atomic E-state index is -1.19. The van der Waals surface area contributed by atoms with Gasteiger partial charge in [-0.15, -0.1) is 5.10 Å². The number of tetrazole rings is 1. The van der Waals surface area contributed by atoms with Gasteiger partial charge in [0, 0.05) is 20.6 Å². The molecule has 160 valence electrons. The number of aliphatic carboxylic acids is 1. The van der Waals surface area contributed by atoms with Crippen LogP contribution in [-0.2, 0) is 22.7 Å². The number of benzene rings is 1. The SMILES string of the molecule is CC(C)(C)[C@@H](C(=O)O)C(Cc1ccccc1)c1nnnn1COCC[Si](C)(C)C. The average molecular weight is 419 g/mol. The van der Waals surface area contributed by atoms with E-state index in [4.69, 9.17) is 4.74 Å². The minimum absolute atomic E-state index is 0.231. The molecular formula is C21H34N4O3Si. The van der Waals surface area contributed by atoms with Gasteiger partial charge >= 0.3 is 5.97 Å². The predicted molar refractivity (Wildman–Crippen MR) is 115 cm³/mol. The normalized spacial score (nSPS) is 14.6. The minimum Gasteiger partial charge on any atom is -0.481 e. The van der Waals surface area contributed by atoms with Gasteiger partial charge in [-0.3, -0.25) is 4.79 Å². The van der Waals surface area contributed by atoms with Gasteiger partial charge in [-0.1, -0.05) is 70.7 Å². The largest absolute Gasteiger partial charge is 0.481 e. The zero-order valence-corrected chi connectivity index (χ0v) is 19.4. The molecule has 0 aliphatic carbocycles. The highest BCUT2D eigenvalue weighted by molar-refractivity contribution is 6.76. The molecule has 2 rings (SSSR count). The topological polar surface area (TPSA) is 90.1 Å². The molecule has 1 aromatic carbocycles. The van der Waals surface area contributed by atoms with Crippen molar-refractivity contribution in [1.82, 2.24) is 20.2 Å². The summed E-state index contributed by atoms with van der Waals surface area (Å²) in [7, 11) is -1.19. The standard InChI is InChI=1S/C21H34N4O3Si/c1-21(2,3)18(20(26)27)17(14-16-10-8-7-9-11-16)19-22-23-24-25(19)15-28-12-13-29(4,5)6/h7-11,17-18H,12-15H2,1-6H3,(H,26,27)/t17?,18-/m1/s1. The van der Waals surface area contributed by atoms with E-state index in [1.54, 1.807) is 4.68 Å². The second-order valence-electron chi connectivity index (χ2n) is 9.86. The molecule has 8 heteroatoms. The molecule has 0 fully saturated rings. The Morgan fingerprint density at radius 1 is 1.21 bits per heavy atom. The number of carboxylic acids is 1. The monoisotopic (exact) mass is 418 g/mol. The van der Waals surface area contributed by atoms with Crippen molar-refractivity contribution in [2.45, 2.75) is 65.5 Å². The summed E-state index contributed by atoms with van der Waals surface area (Å²) in [5.41, 5.74) is 0.600. The molecule has 1 heterocycles. The van der Waals surface area contributed by atoms with E-state index in [0.717, 1.165) is 11.6 Å². The Bertz CT molecular complexity index is 781. The first-order chi connectivity index (χ1) is 13.5. The van der Waals surface area contributed by atoms with Crippen LogP contribution in [0.25, 0.3) is 0 Å². The van der Waals surface area contributed by atoms with Crippen LogP contribution >= 0.6 is 0 Å². The van der Waals surface area contributed by atoms with Crippen molar-refractivity contribution in [2.24, 2.45) is 11.3 Å². The van der Waals surface area contributed by atoms with Crippen molar-refractivity contribution in [3.8, 4) is 0 Å². The Labute approximate surface area is 174 Å². The molecule has 0 aliphatic rings. The van der Waals surface area contributed by atoms with Crippen molar-refractivity contribution in [3.05, 3.63) is 41.7 Å². The molecule has 7 nitrogen and oxygen atoms in total. The van der Waals surface area contributed by atoms with E-state index in [1.807, 2.05) is 51.1 Å². The Balaban J connectivity index is 2.29. The first-order valence-electron chi connectivity index (χ1n) is 10.1. The third kappa shape index (κ3) is 7.04. The van der Waals surface area contributed by atoms with Crippen LogP contribution in [0.3, 0.4) is 0 Å². The van der Waals surface area contributed by atoms with Gasteiger partial charge in [0.1, 0.15) is 6.73 Å². The maximum Gasteiger partial charge on any atom is 0.307 e. The van der Waals surface area contributed by atoms with Crippen LogP contribution in [0.5, 0.6) is 0 Å². The van der Waals surface area contributed by atoms with Gasteiger partial charge in [-0.05, 0) is 33.9 Å². The van der Waals surface area contributed by atoms with E-state index >= 15 is 0 Å². The van der Waals surface area contributed by atoms with Crippen LogP contribution < -0.4 is 0 Å². The highest BCUT2D eigenvalue weighted by Gasteiger charge is 2.41. The van der Waals surface area contributed by atoms with E-state index in [9.17, 15) is 9.90 Å². The molecule has 0 saturated carbocycles. The van der Waals surface area contributed by atoms with Crippen LogP contribution in [0.2, 0.25) is 25.7 Å². The van der Waals surface area contributed by atoms with Gasteiger partial charge in [-0.2, -0.15) is 0 Å². The maximum atomic E-state index is 12.3. The van der Waals surface area contributed by atoms with Gasteiger partial charge < -0.3 is 9.84 Å². The summed E-state index contributed by atoms with van der Waals surface area (Å²) in [5.74, 6) is -1.29. The van der Waals surface area contributed by atoms with E-state index in [0.29, 0.717) is 18.9 Å². The fraction of sp³-hybridized carbons (Fsp3) is 0.619. The predicted octanol–water partition coefficient (Wildman–Crippen LogP) is 4.06. The molecule has 0 amide bonds. The molecule has 0 aliphatic heterocycles. The lowest BCUT2D eigenvalue weighted by Crippen LogP contribution is -2.36. The van der Waals surface area contributed by atoms with Crippen LogP contribution in [-0.4, -0.2) is 46.0 Å². The highest BCUT2D eigenvalue weighted by Crippen LogP contribution is 2.39. The van der Waals surface area contributed by atoms with Gasteiger partial charge in [0.2, 0.25) is 0 Å². The molecule has 0 saturated heterocycles. The van der Waals surface area contributed by atoms with Crippen LogP contribution in [0, 0.1) is 11.3 Å². The summed E-state index contributed by atoms with van der Waals surface area (Å²) in [4.78, 5) is 12.3. The number of ether oxygens (including phenoxy) is 1. The van der Waals surface area contributed by atoms with Crippen LogP contribution in [0.1, 0.15) is 38.1 Å². The third-order valence-corrected chi connectivity index (χ3v) is 6.71. The lowest BCUT2D eigenvalue weighted by Gasteiger charge is -2.33. The Kier molecular flexibility index (Phi) is 7.71. The van der Waals surface area contributed by atoms with Crippen molar-refractivity contribution in [1.29, 1.82) is 0 Å². The van der Waals surface area contributed by atoms with Crippen LogP contribution in [0.15, 0.2) is 30.3 Å². The molecule has 1 N–H and O–H groups in total. The number of hydrogen-bond acceptors (Lipinski definition) is 5. The molecular weight excluding hydrogens is 384 g/mol. The number of hydrogen-bond donors (Lipinski definition) is 1. The summed E-state index contributed by atoms with van der Waals surface area (Å²) in [6.07, 6.45) is 0.546. The zero-order valence-electron chi connectivity index (χ0n) is 18.4. The van der Waals surface area contributed by atoms with Crippen molar-refractivity contribution in [3.63, 3.8) is 0 Å². The second kappa shape index (κ2) is 9.62. The molecule has 2 atom stereocenters. The fourth-order valence-electron chi connectivity index (χ4n) is 3.47. The molecule has 0 radical (unpaired) electrons. The average Bonchev–Trinajstić information content (AvgIpc) is 3.05. The third-order valence-electron chi connectivity index (χ3n) is 5.00. The highest BCUT2D eigenvalue weighted by atomic mass is 28.3. The fourth-order valence-corrected chi connectivity index (χ4v) is 4.23. The van der Waals surface area contributed by atoms with E-state index in [-0.39, 0.29) is 12.6 Å². The van der Waals surface area contributed by atoms with Gasteiger partial charge in [-0.25, -0.2) is 4.68 Å². The van der Waals surface area contributed by atoms with E-state index < -0.39 is 25.4 Å². The Morgan fingerprint density at radius 3 is 2.41 bits per heavy atom. The van der Waals surface area contributed by atoms with Crippen molar-refractivity contribution >= 4 is 14.0 Å². The van der Waals surface area contributed by atoms with Gasteiger partial charge in [0.05, 0.1) is 5.92 Å². The quantitative estimate of drug-likeness (QED) is 0.462. The Morgan fingerprint density at radius 2 is 1.86 bits per heavy atom. The number of nitrogens with zero attached hydrogens (tertiary/aromatic N) is 4. The lowest BCUT2D eigenvalue weighted by atomic mass is 9.71. The summed E-state index contributed by atoms with van der Waals surface area (Å²) in [6.45, 7) is 13.6. The smallest absolute Gasteiger partial charge is 0.307 e. The first-order valence-corrected chi connectivity index (χ1v) is 13.8. The second-order valence-corrected chi connectivity index (χ2v) is 15.5. The molecule has 1 unspecified atom stereocenters. The zero-order chi connectivity index (χ0) is 21.7. The van der Waals surface area contributed by atoms with Crippen molar-refractivity contribution in [2.75, 3.05) is 6.61 Å². The van der Waals surface area contributed by atoms with Crippen molar-refractivity contribution < 1.29 is 14.6 Å². The molecule has 1 aromatic heterocycles. The van der Waals surface area contributed by atoms with E-state index in [2.05, 4.69) is 35.2 Å². The van der Waals surface area contributed by atoms with Crippen LogP contribution in [0.4, 0.5) is 0 Å². The summed E-state index contributed by atoms with van der Waals surface area (Å²) >= 11 is 0. The summed E-state index contributed by atoms with van der Waals surface area (Å²) in [5, 5.41) is 22.2. The van der Waals surface area contributed by atoms with E-state index in [1.165, 1.54) is 0 Å². The first kappa shape index (κ1) is 23.2. The van der Waals surface area contributed by atoms with Gasteiger partial charge in [0.25, 0.3) is 0 Å². The molecule has 2 aromatic rings. The number of rotatable bonds is 10. The summed E-state index contributed by atoms with van der Waals surface area (Å²) < 4.78 is 7.44. The number of aromatic nitrogens is 4. The number of carbonyl (C=O) groups is 1. The molecule has 0 spiro atoms. The maximum absolute atomic E-state index is 12.3.